The first-order chi connectivity index (χ1) is 32.9. The molecule has 4 N–H and O–H groups in total. The van der Waals surface area contributed by atoms with Gasteiger partial charge in [0.1, 0.15) is 23.0 Å². The van der Waals surface area contributed by atoms with Crippen LogP contribution in [-0.2, 0) is 25.7 Å². The molecule has 4 aromatic carbocycles. The molecule has 0 unspecified atom stereocenters. The number of H-pyrrole nitrogens is 2. The number of piperazine rings is 2. The number of aryl methyl sites for hydroxylation is 4. The molecule has 360 valence electrons. The zero-order valence-electron chi connectivity index (χ0n) is 40.6. The van der Waals surface area contributed by atoms with Gasteiger partial charge < -0.3 is 49.2 Å². The Morgan fingerprint density at radius 3 is 1.21 bits per heavy atom. The third-order valence-corrected chi connectivity index (χ3v) is 12.8. The molecule has 4 heterocycles. The monoisotopic (exact) mass is 927 g/mol. The zero-order valence-corrected chi connectivity index (χ0v) is 40.6. The summed E-state index contributed by atoms with van der Waals surface area (Å²) in [6.45, 7) is 10.5. The number of anilines is 4. The highest BCUT2D eigenvalue weighted by Gasteiger charge is 2.23. The summed E-state index contributed by atoms with van der Waals surface area (Å²) in [5.41, 5.74) is 7.60. The third-order valence-electron chi connectivity index (χ3n) is 12.8. The number of carbonyl (C=O) groups excluding carboxylic acids is 2. The third kappa shape index (κ3) is 13.1. The van der Waals surface area contributed by atoms with E-state index < -0.39 is 0 Å². The van der Waals surface area contributed by atoms with E-state index >= 15 is 0 Å². The Morgan fingerprint density at radius 1 is 0.529 bits per heavy atom. The van der Waals surface area contributed by atoms with Gasteiger partial charge in [-0.05, 0) is 138 Å². The largest absolute Gasteiger partial charge is 0.497 e. The second-order valence-electron chi connectivity index (χ2n) is 17.6. The van der Waals surface area contributed by atoms with Crippen molar-refractivity contribution in [3.63, 3.8) is 0 Å². The van der Waals surface area contributed by atoms with Gasteiger partial charge in [-0.3, -0.25) is 19.8 Å². The molecule has 2 saturated heterocycles. The van der Waals surface area contributed by atoms with Crippen molar-refractivity contribution in [2.24, 2.45) is 0 Å². The molecule has 16 nitrogen and oxygen atoms in total. The fourth-order valence-electron chi connectivity index (χ4n) is 8.28. The van der Waals surface area contributed by atoms with Crippen molar-refractivity contribution < 1.29 is 28.5 Å². The van der Waals surface area contributed by atoms with Crippen LogP contribution < -0.4 is 39.4 Å². The fraction of sp³-hybridized carbons (Fsp3) is 0.385. The van der Waals surface area contributed by atoms with E-state index in [-0.39, 0.29) is 11.8 Å². The quantitative estimate of drug-likeness (QED) is 0.0773. The molecule has 68 heavy (non-hydrogen) atoms. The summed E-state index contributed by atoms with van der Waals surface area (Å²) < 4.78 is 21.4. The lowest BCUT2D eigenvalue weighted by molar-refractivity contribution is 0.101. The SMILES string of the molecule is COc1cc(CCc2cc(NC(=O)c3ccc(N4CCN(C)[C@@H](C)C4)cc3)n[nH]2)cc(OC)c1.COc1cc(CCc2cc(NC(=O)c3ccc(N4CCN(C)[C@H](C)C4)cc3)n[nH]2)cc(OC)c1. The van der Waals surface area contributed by atoms with Crippen LogP contribution in [0, 0.1) is 0 Å². The van der Waals surface area contributed by atoms with E-state index in [1.54, 1.807) is 28.4 Å². The Bertz CT molecular complexity index is 2360. The van der Waals surface area contributed by atoms with Crippen LogP contribution in [0.2, 0.25) is 0 Å². The molecule has 0 bridgehead atoms. The number of rotatable bonds is 16. The average molecular weight is 927 g/mol. The van der Waals surface area contributed by atoms with Gasteiger partial charge in [0.25, 0.3) is 11.8 Å². The van der Waals surface area contributed by atoms with Crippen LogP contribution >= 0.6 is 0 Å². The lowest BCUT2D eigenvalue weighted by Gasteiger charge is -2.39. The van der Waals surface area contributed by atoms with Crippen LogP contribution in [0.15, 0.2) is 97.1 Å². The first-order valence-corrected chi connectivity index (χ1v) is 23.2. The van der Waals surface area contributed by atoms with Gasteiger partial charge in [-0.1, -0.05) is 0 Å². The first kappa shape index (κ1) is 48.9. The minimum atomic E-state index is -0.172. The van der Waals surface area contributed by atoms with E-state index in [1.807, 2.05) is 97.1 Å². The number of carbonyl (C=O) groups is 2. The maximum atomic E-state index is 12.7. The average Bonchev–Trinajstić information content (AvgIpc) is 4.03. The van der Waals surface area contributed by atoms with E-state index in [1.165, 1.54) is 0 Å². The van der Waals surface area contributed by atoms with Crippen molar-refractivity contribution in [2.45, 2.75) is 51.6 Å². The first-order valence-electron chi connectivity index (χ1n) is 23.2. The summed E-state index contributed by atoms with van der Waals surface area (Å²) in [7, 11) is 10.9. The minimum Gasteiger partial charge on any atom is -0.497 e. The Balaban J connectivity index is 0.000000201. The Morgan fingerprint density at radius 2 is 0.882 bits per heavy atom. The molecular weight excluding hydrogens is 861 g/mol. The molecule has 2 amide bonds. The summed E-state index contributed by atoms with van der Waals surface area (Å²) in [6, 6.07) is 32.0. The molecule has 0 spiro atoms. The molecular formula is C52H66N10O6. The number of methoxy groups -OCH3 is 4. The molecule has 0 radical (unpaired) electrons. The van der Waals surface area contributed by atoms with E-state index in [0.717, 1.165) is 122 Å². The second-order valence-corrected chi connectivity index (χ2v) is 17.6. The number of likely N-dealkylation sites (N-methyl/N-ethyl adjacent to an activating group) is 2. The number of aromatic amines is 2. The molecule has 2 aromatic heterocycles. The number of nitrogens with one attached hydrogen (secondary N) is 4. The van der Waals surface area contributed by atoms with Crippen molar-refractivity contribution in [1.82, 2.24) is 30.2 Å². The molecule has 16 heteroatoms. The second kappa shape index (κ2) is 23.1. The van der Waals surface area contributed by atoms with Gasteiger partial charge in [-0.2, -0.15) is 10.2 Å². The van der Waals surface area contributed by atoms with Crippen molar-refractivity contribution in [2.75, 3.05) is 102 Å². The number of hydrogen-bond donors (Lipinski definition) is 4. The number of amides is 2. The van der Waals surface area contributed by atoms with Gasteiger partial charge in [0, 0.05) is 110 Å². The molecule has 2 atom stereocenters. The van der Waals surface area contributed by atoms with E-state index in [0.29, 0.717) is 34.8 Å². The number of nitrogens with zero attached hydrogens (tertiary/aromatic N) is 6. The van der Waals surface area contributed by atoms with Gasteiger partial charge in [-0.15, -0.1) is 0 Å². The Hall–Kier alpha value is -7.04. The van der Waals surface area contributed by atoms with Crippen LogP contribution in [0.25, 0.3) is 0 Å². The van der Waals surface area contributed by atoms with Gasteiger partial charge >= 0.3 is 0 Å². The molecule has 2 fully saturated rings. The van der Waals surface area contributed by atoms with Crippen molar-refractivity contribution in [3.05, 3.63) is 131 Å². The van der Waals surface area contributed by atoms with Crippen LogP contribution in [-0.4, -0.2) is 136 Å². The number of aromatic nitrogens is 4. The predicted octanol–water partition coefficient (Wildman–Crippen LogP) is 7.21. The smallest absolute Gasteiger partial charge is 0.256 e. The standard InChI is InChI=1S/2C26H33N5O3/c2*1-18-17-31(12-11-30(18)2)22-9-6-20(7-10-22)26(32)27-25-15-21(28-29-25)8-5-19-13-23(33-3)16-24(14-19)34-4/h2*6-7,9-10,13-16,18H,5,8,11-12,17H2,1-4H3,(H2,27,28,29,32)/t2*18-/m10/s1. The summed E-state index contributed by atoms with van der Waals surface area (Å²) in [4.78, 5) is 34.9. The highest BCUT2D eigenvalue weighted by molar-refractivity contribution is 6.04. The van der Waals surface area contributed by atoms with Crippen molar-refractivity contribution in [1.29, 1.82) is 0 Å². The molecule has 0 saturated carbocycles. The zero-order chi connectivity index (χ0) is 48.2. The highest BCUT2D eigenvalue weighted by atomic mass is 16.5. The van der Waals surface area contributed by atoms with Gasteiger partial charge in [0.2, 0.25) is 0 Å². The van der Waals surface area contributed by atoms with Crippen molar-refractivity contribution >= 4 is 34.8 Å². The van der Waals surface area contributed by atoms with Crippen molar-refractivity contribution in [3.8, 4) is 23.0 Å². The number of benzene rings is 4. The Kier molecular flexibility index (Phi) is 16.6. The van der Waals surface area contributed by atoms with Crippen LogP contribution in [0.4, 0.5) is 23.0 Å². The molecule has 0 aliphatic carbocycles. The molecule has 2 aliphatic heterocycles. The molecule has 8 rings (SSSR count). The number of ether oxygens (including phenoxy) is 4. The lowest BCUT2D eigenvalue weighted by Crippen LogP contribution is -2.50. The van der Waals surface area contributed by atoms with E-state index in [2.05, 4.69) is 78.6 Å². The summed E-state index contributed by atoms with van der Waals surface area (Å²) in [6.07, 6.45) is 3.07. The normalized spacial score (nSPS) is 16.4. The van der Waals surface area contributed by atoms with E-state index in [9.17, 15) is 9.59 Å². The minimum absolute atomic E-state index is 0.172. The van der Waals surface area contributed by atoms with Crippen LogP contribution in [0.5, 0.6) is 23.0 Å². The summed E-state index contributed by atoms with van der Waals surface area (Å²) >= 11 is 0. The van der Waals surface area contributed by atoms with Gasteiger partial charge in [0.05, 0.1) is 28.4 Å². The molecule has 2 aliphatic rings. The number of hydrogen-bond acceptors (Lipinski definition) is 12. The Labute approximate surface area is 399 Å². The van der Waals surface area contributed by atoms with Crippen LogP contribution in [0.1, 0.15) is 57.1 Å². The summed E-state index contributed by atoms with van der Waals surface area (Å²) in [5.74, 6) is 3.74. The van der Waals surface area contributed by atoms with E-state index in [4.69, 9.17) is 18.9 Å². The predicted molar refractivity (Wildman–Crippen MR) is 268 cm³/mol. The lowest BCUT2D eigenvalue weighted by atomic mass is 10.1. The van der Waals surface area contributed by atoms with Gasteiger partial charge in [-0.25, -0.2) is 0 Å². The molecule has 6 aromatic rings. The van der Waals surface area contributed by atoms with Gasteiger partial charge in [0.15, 0.2) is 11.6 Å². The fourth-order valence-corrected chi connectivity index (χ4v) is 8.28. The highest BCUT2D eigenvalue weighted by Crippen LogP contribution is 2.26. The summed E-state index contributed by atoms with van der Waals surface area (Å²) in [5, 5.41) is 20.3. The topological polar surface area (TPSA) is 165 Å². The maximum Gasteiger partial charge on any atom is 0.256 e. The van der Waals surface area contributed by atoms with Crippen LogP contribution in [0.3, 0.4) is 0 Å². The maximum absolute atomic E-state index is 12.7.